The van der Waals surface area contributed by atoms with Gasteiger partial charge in [-0.25, -0.2) is 0 Å². The van der Waals surface area contributed by atoms with Crippen LogP contribution in [0.2, 0.25) is 0 Å². The summed E-state index contributed by atoms with van der Waals surface area (Å²) in [6, 6.07) is 17.1. The molecule has 0 unspecified atom stereocenters. The van der Waals surface area contributed by atoms with Crippen LogP contribution >= 0.6 is 0 Å². The predicted molar refractivity (Wildman–Crippen MR) is 124 cm³/mol. The van der Waals surface area contributed by atoms with Gasteiger partial charge in [0.1, 0.15) is 11.5 Å². The van der Waals surface area contributed by atoms with Crippen LogP contribution in [0.15, 0.2) is 59.1 Å². The zero-order valence-corrected chi connectivity index (χ0v) is 19.0. The molecule has 0 spiro atoms. The van der Waals surface area contributed by atoms with E-state index >= 15 is 0 Å². The summed E-state index contributed by atoms with van der Waals surface area (Å²) in [6.45, 7) is 5.94. The van der Waals surface area contributed by atoms with Crippen LogP contribution in [-0.4, -0.2) is 62.5 Å². The summed E-state index contributed by atoms with van der Waals surface area (Å²) in [7, 11) is 1.65. The smallest absolute Gasteiger partial charge is 0.273 e. The Bertz CT molecular complexity index is 1030. The Morgan fingerprint density at radius 2 is 1.79 bits per heavy atom. The summed E-state index contributed by atoms with van der Waals surface area (Å²) >= 11 is 0. The maximum Gasteiger partial charge on any atom is 0.273 e. The number of nitrogens with one attached hydrogen (secondary N) is 1. The van der Waals surface area contributed by atoms with Crippen molar-refractivity contribution in [2.75, 3.05) is 46.6 Å². The Labute approximate surface area is 193 Å². The van der Waals surface area contributed by atoms with Gasteiger partial charge in [-0.3, -0.25) is 9.69 Å². The lowest BCUT2D eigenvalue weighted by atomic mass is 10.0. The number of hydrogen-bond donors (Lipinski definition) is 1. The molecule has 1 atom stereocenters. The third kappa shape index (κ3) is 5.71. The zero-order valence-electron chi connectivity index (χ0n) is 19.0. The second-order valence-corrected chi connectivity index (χ2v) is 7.68. The maximum atomic E-state index is 12.8. The SMILES string of the molecule is CCOc1ccc(-c2cc(C(=O)NC[C@@H](c3ccc(OC)cc3)N3CCOCC3)no2)cc1. The molecule has 33 heavy (non-hydrogen) atoms. The third-order valence-corrected chi connectivity index (χ3v) is 5.64. The van der Waals surface area contributed by atoms with Crippen molar-refractivity contribution in [2.24, 2.45) is 0 Å². The van der Waals surface area contributed by atoms with E-state index in [2.05, 4.69) is 15.4 Å². The number of benzene rings is 2. The number of amides is 1. The Hall–Kier alpha value is -3.36. The van der Waals surface area contributed by atoms with Gasteiger partial charge in [0.2, 0.25) is 0 Å². The lowest BCUT2D eigenvalue weighted by molar-refractivity contribution is 0.0162. The summed E-state index contributed by atoms with van der Waals surface area (Å²) in [5.74, 6) is 1.84. The number of hydrogen-bond acceptors (Lipinski definition) is 7. The normalized spacial score (nSPS) is 15.1. The summed E-state index contributed by atoms with van der Waals surface area (Å²) < 4.78 is 21.7. The van der Waals surface area contributed by atoms with E-state index in [1.807, 2.05) is 55.5 Å². The number of ether oxygens (including phenoxy) is 3. The number of rotatable bonds is 9. The van der Waals surface area contributed by atoms with Gasteiger partial charge in [0.05, 0.1) is 33.0 Å². The molecule has 8 nitrogen and oxygen atoms in total. The van der Waals surface area contributed by atoms with Gasteiger partial charge >= 0.3 is 0 Å². The minimum atomic E-state index is -0.275. The van der Waals surface area contributed by atoms with E-state index in [1.54, 1.807) is 13.2 Å². The van der Waals surface area contributed by atoms with Crippen LogP contribution in [-0.2, 0) is 4.74 Å². The summed E-state index contributed by atoms with van der Waals surface area (Å²) in [5, 5.41) is 6.99. The predicted octanol–water partition coefficient (Wildman–Crippen LogP) is 3.55. The van der Waals surface area contributed by atoms with Gasteiger partial charge in [0.15, 0.2) is 11.5 Å². The van der Waals surface area contributed by atoms with Crippen molar-refractivity contribution >= 4 is 5.91 Å². The average molecular weight is 452 g/mol. The first kappa shape index (κ1) is 22.8. The molecule has 3 aromatic rings. The van der Waals surface area contributed by atoms with Crippen molar-refractivity contribution in [3.05, 3.63) is 65.9 Å². The van der Waals surface area contributed by atoms with E-state index in [0.29, 0.717) is 32.1 Å². The van der Waals surface area contributed by atoms with Gasteiger partial charge in [-0.05, 0) is 48.9 Å². The molecule has 1 aromatic heterocycles. The maximum absolute atomic E-state index is 12.8. The van der Waals surface area contributed by atoms with Crippen LogP contribution in [0.1, 0.15) is 29.0 Å². The van der Waals surface area contributed by atoms with E-state index < -0.39 is 0 Å². The first-order valence-electron chi connectivity index (χ1n) is 11.1. The van der Waals surface area contributed by atoms with Gasteiger partial charge in [-0.15, -0.1) is 0 Å². The minimum Gasteiger partial charge on any atom is -0.497 e. The molecular formula is C25H29N3O5. The van der Waals surface area contributed by atoms with Crippen LogP contribution < -0.4 is 14.8 Å². The standard InChI is InChI=1S/C25H29N3O5/c1-3-32-21-10-6-19(7-11-21)24-16-22(27-33-24)25(29)26-17-23(28-12-14-31-15-13-28)18-4-8-20(30-2)9-5-18/h4-11,16,23H,3,12-15,17H2,1-2H3,(H,26,29)/t23-/m0/s1. The summed E-state index contributed by atoms with van der Waals surface area (Å²) in [5.41, 5.74) is 2.18. The Kier molecular flexibility index (Phi) is 7.59. The molecule has 174 valence electrons. The quantitative estimate of drug-likeness (QED) is 0.532. The van der Waals surface area contributed by atoms with Crippen molar-refractivity contribution in [3.63, 3.8) is 0 Å². The van der Waals surface area contributed by atoms with Gasteiger partial charge in [0, 0.05) is 31.3 Å². The van der Waals surface area contributed by atoms with Gasteiger partial charge in [0.25, 0.3) is 5.91 Å². The van der Waals surface area contributed by atoms with Gasteiger partial charge in [-0.1, -0.05) is 17.3 Å². The first-order chi connectivity index (χ1) is 16.2. The summed E-state index contributed by atoms with van der Waals surface area (Å²) in [6.07, 6.45) is 0. The molecule has 1 saturated heterocycles. The molecule has 1 N–H and O–H groups in total. The Morgan fingerprint density at radius 3 is 2.45 bits per heavy atom. The molecule has 4 rings (SSSR count). The average Bonchev–Trinajstić information content (AvgIpc) is 3.36. The van der Waals surface area contributed by atoms with E-state index in [1.165, 1.54) is 0 Å². The van der Waals surface area contributed by atoms with Gasteiger partial charge in [-0.2, -0.15) is 0 Å². The molecule has 1 fully saturated rings. The number of carbonyl (C=O) groups is 1. The van der Waals surface area contributed by atoms with E-state index in [0.717, 1.165) is 35.7 Å². The fraction of sp³-hybridized carbons (Fsp3) is 0.360. The van der Waals surface area contributed by atoms with Crippen LogP contribution in [0.25, 0.3) is 11.3 Å². The lowest BCUT2D eigenvalue weighted by Crippen LogP contribution is -2.43. The molecule has 0 bridgehead atoms. The highest BCUT2D eigenvalue weighted by atomic mass is 16.5. The van der Waals surface area contributed by atoms with Crippen molar-refractivity contribution in [2.45, 2.75) is 13.0 Å². The number of aromatic nitrogens is 1. The second kappa shape index (κ2) is 11.0. The van der Waals surface area contributed by atoms with Gasteiger partial charge < -0.3 is 24.1 Å². The number of nitrogens with zero attached hydrogens (tertiary/aromatic N) is 2. The molecule has 8 heteroatoms. The Balaban J connectivity index is 1.43. The molecule has 0 saturated carbocycles. The van der Waals surface area contributed by atoms with Crippen LogP contribution in [0, 0.1) is 0 Å². The topological polar surface area (TPSA) is 86.1 Å². The van der Waals surface area contributed by atoms with Crippen LogP contribution in [0.3, 0.4) is 0 Å². The highest BCUT2D eigenvalue weighted by molar-refractivity contribution is 5.93. The molecule has 1 amide bonds. The molecule has 1 aliphatic rings. The fourth-order valence-corrected chi connectivity index (χ4v) is 3.85. The van der Waals surface area contributed by atoms with E-state index in [-0.39, 0.29) is 17.6 Å². The molecule has 0 radical (unpaired) electrons. The zero-order chi connectivity index (χ0) is 23.0. The molecule has 0 aliphatic carbocycles. The lowest BCUT2D eigenvalue weighted by Gasteiger charge is -2.34. The highest BCUT2D eigenvalue weighted by Crippen LogP contribution is 2.25. The van der Waals surface area contributed by atoms with Crippen molar-refractivity contribution in [1.82, 2.24) is 15.4 Å². The Morgan fingerprint density at radius 1 is 1.09 bits per heavy atom. The number of morpholine rings is 1. The van der Waals surface area contributed by atoms with Crippen LogP contribution in [0.4, 0.5) is 0 Å². The first-order valence-corrected chi connectivity index (χ1v) is 11.1. The second-order valence-electron chi connectivity index (χ2n) is 7.68. The van der Waals surface area contributed by atoms with Crippen molar-refractivity contribution < 1.29 is 23.5 Å². The monoisotopic (exact) mass is 451 g/mol. The number of methoxy groups -OCH3 is 1. The highest BCUT2D eigenvalue weighted by Gasteiger charge is 2.24. The van der Waals surface area contributed by atoms with Crippen molar-refractivity contribution in [3.8, 4) is 22.8 Å². The van der Waals surface area contributed by atoms with Crippen LogP contribution in [0.5, 0.6) is 11.5 Å². The fourth-order valence-electron chi connectivity index (χ4n) is 3.85. The third-order valence-electron chi connectivity index (χ3n) is 5.64. The molecule has 2 aromatic carbocycles. The van der Waals surface area contributed by atoms with E-state index in [9.17, 15) is 4.79 Å². The number of carbonyl (C=O) groups excluding carboxylic acids is 1. The van der Waals surface area contributed by atoms with E-state index in [4.69, 9.17) is 18.7 Å². The minimum absolute atomic E-state index is 0.0150. The molecule has 1 aliphatic heterocycles. The van der Waals surface area contributed by atoms with Crippen molar-refractivity contribution in [1.29, 1.82) is 0 Å². The molecule has 2 heterocycles. The summed E-state index contributed by atoms with van der Waals surface area (Å²) in [4.78, 5) is 15.1. The largest absolute Gasteiger partial charge is 0.497 e. The molecular weight excluding hydrogens is 422 g/mol.